The van der Waals surface area contributed by atoms with Crippen LogP contribution in [0.5, 0.6) is 17.2 Å². The Balaban J connectivity index is 1.35. The second kappa shape index (κ2) is 7.55. The third-order valence-electron chi connectivity index (χ3n) is 6.57. The number of rotatable bonds is 2. The first kappa shape index (κ1) is 20.0. The molecule has 0 aliphatic carbocycles. The van der Waals surface area contributed by atoms with Crippen molar-refractivity contribution in [2.45, 2.75) is 18.7 Å². The van der Waals surface area contributed by atoms with Crippen LogP contribution in [0, 0.1) is 0 Å². The van der Waals surface area contributed by atoms with Crippen LogP contribution in [0.3, 0.4) is 0 Å². The summed E-state index contributed by atoms with van der Waals surface area (Å²) in [5, 5.41) is 10.5. The summed E-state index contributed by atoms with van der Waals surface area (Å²) in [5.41, 5.74) is 3.93. The van der Waals surface area contributed by atoms with E-state index in [4.69, 9.17) is 42.5 Å². The first-order chi connectivity index (χ1) is 16.6. The van der Waals surface area contributed by atoms with Crippen LogP contribution in [0.1, 0.15) is 35.4 Å². The van der Waals surface area contributed by atoms with Gasteiger partial charge in [-0.25, -0.2) is 5.01 Å². The molecule has 0 N–H and O–H groups in total. The van der Waals surface area contributed by atoms with Gasteiger partial charge < -0.3 is 14.2 Å². The van der Waals surface area contributed by atoms with E-state index in [9.17, 15) is 0 Å². The van der Waals surface area contributed by atoms with Gasteiger partial charge in [-0.2, -0.15) is 5.10 Å². The number of benzene rings is 4. The van der Waals surface area contributed by atoms with Crippen molar-refractivity contribution in [3.8, 4) is 17.2 Å². The number of halogens is 2. The Hall–Kier alpha value is -3.41. The number of hydrogen-bond donors (Lipinski definition) is 0. The van der Waals surface area contributed by atoms with Gasteiger partial charge in [0.15, 0.2) is 11.5 Å². The molecule has 3 aliphatic rings. The first-order valence-corrected chi connectivity index (χ1v) is 11.8. The van der Waals surface area contributed by atoms with Gasteiger partial charge in [-0.1, -0.05) is 59.6 Å². The van der Waals surface area contributed by atoms with Gasteiger partial charge in [-0.05, 0) is 52.7 Å². The summed E-state index contributed by atoms with van der Waals surface area (Å²) in [7, 11) is 0. The highest BCUT2D eigenvalue weighted by atomic mass is 35.5. The average molecular weight is 489 g/mol. The van der Waals surface area contributed by atoms with E-state index in [2.05, 4.69) is 36.4 Å². The zero-order valence-electron chi connectivity index (χ0n) is 17.9. The fourth-order valence-corrected chi connectivity index (χ4v) is 5.50. The highest BCUT2D eigenvalue weighted by molar-refractivity contribution is 6.35. The van der Waals surface area contributed by atoms with E-state index >= 15 is 0 Å². The fourth-order valence-electron chi connectivity index (χ4n) is 4.94. The lowest BCUT2D eigenvalue weighted by Crippen LogP contribution is -2.33. The third-order valence-corrected chi connectivity index (χ3v) is 7.07. The van der Waals surface area contributed by atoms with Gasteiger partial charge in [0.05, 0.1) is 16.8 Å². The van der Waals surface area contributed by atoms with Crippen molar-refractivity contribution in [3.63, 3.8) is 0 Å². The lowest BCUT2D eigenvalue weighted by atomic mass is 9.95. The van der Waals surface area contributed by atoms with Crippen molar-refractivity contribution in [1.82, 2.24) is 5.01 Å². The molecule has 168 valence electrons. The van der Waals surface area contributed by atoms with Crippen molar-refractivity contribution in [2.75, 3.05) is 6.79 Å². The minimum atomic E-state index is -0.469. The maximum atomic E-state index is 6.59. The molecule has 34 heavy (non-hydrogen) atoms. The molecule has 0 amide bonds. The zero-order valence-corrected chi connectivity index (χ0v) is 19.4. The molecule has 3 heterocycles. The Morgan fingerprint density at radius 2 is 1.71 bits per heavy atom. The maximum Gasteiger partial charge on any atom is 0.231 e. The molecule has 0 bridgehead atoms. The van der Waals surface area contributed by atoms with E-state index in [1.165, 1.54) is 10.8 Å². The van der Waals surface area contributed by atoms with Gasteiger partial charge in [0.1, 0.15) is 5.75 Å². The van der Waals surface area contributed by atoms with Gasteiger partial charge in [0.25, 0.3) is 0 Å². The van der Waals surface area contributed by atoms with Crippen LogP contribution in [0.4, 0.5) is 0 Å². The Kier molecular flexibility index (Phi) is 4.44. The second-order valence-corrected chi connectivity index (χ2v) is 9.44. The number of hydrogen-bond acceptors (Lipinski definition) is 5. The Morgan fingerprint density at radius 3 is 2.62 bits per heavy atom. The molecule has 0 fully saturated rings. The van der Waals surface area contributed by atoms with Crippen molar-refractivity contribution < 1.29 is 14.2 Å². The summed E-state index contributed by atoms with van der Waals surface area (Å²) < 4.78 is 17.6. The zero-order chi connectivity index (χ0) is 22.8. The monoisotopic (exact) mass is 488 g/mol. The van der Waals surface area contributed by atoms with E-state index in [0.717, 1.165) is 28.2 Å². The maximum absolute atomic E-state index is 6.59. The van der Waals surface area contributed by atoms with Gasteiger partial charge in [-0.15, -0.1) is 0 Å². The predicted molar refractivity (Wildman–Crippen MR) is 132 cm³/mol. The van der Waals surface area contributed by atoms with Crippen LogP contribution in [-0.4, -0.2) is 17.5 Å². The number of fused-ring (bicyclic) bond motifs is 5. The summed E-state index contributed by atoms with van der Waals surface area (Å²) >= 11 is 13.0. The highest BCUT2D eigenvalue weighted by Gasteiger charge is 2.42. The van der Waals surface area contributed by atoms with Gasteiger partial charge in [-0.3, -0.25) is 0 Å². The molecule has 0 aromatic heterocycles. The summed E-state index contributed by atoms with van der Waals surface area (Å²) in [6.45, 7) is 0.216. The first-order valence-electron chi connectivity index (χ1n) is 11.0. The lowest BCUT2D eigenvalue weighted by Gasteiger charge is -2.38. The standard InChI is InChI=1S/C27H18Cl2N2O3/c28-19-11-20-23-13-22(17-6-5-15-3-1-2-4-16(15)9-17)30-31(23)27(34-26(20)21(29)12-19)18-7-8-24-25(10-18)33-14-32-24/h1-12,23,27H,13-14H2. The molecule has 2 atom stereocenters. The van der Waals surface area contributed by atoms with Crippen molar-refractivity contribution in [1.29, 1.82) is 0 Å². The van der Waals surface area contributed by atoms with E-state index < -0.39 is 6.23 Å². The predicted octanol–water partition coefficient (Wildman–Crippen LogP) is 7.12. The van der Waals surface area contributed by atoms with E-state index in [1.807, 2.05) is 35.3 Å². The Morgan fingerprint density at radius 1 is 0.853 bits per heavy atom. The second-order valence-electron chi connectivity index (χ2n) is 8.60. The molecular weight excluding hydrogens is 471 g/mol. The minimum absolute atomic E-state index is 0.0585. The molecule has 0 radical (unpaired) electrons. The van der Waals surface area contributed by atoms with Crippen LogP contribution in [0.15, 0.2) is 77.9 Å². The number of hydrazone groups is 1. The summed E-state index contributed by atoms with van der Waals surface area (Å²) in [6, 6.07) is 24.2. The molecule has 4 aromatic rings. The summed E-state index contributed by atoms with van der Waals surface area (Å²) in [6.07, 6.45) is 0.246. The van der Waals surface area contributed by atoms with Gasteiger partial charge >= 0.3 is 0 Å². The van der Waals surface area contributed by atoms with Crippen LogP contribution in [0.25, 0.3) is 10.8 Å². The van der Waals surface area contributed by atoms with Crippen molar-refractivity contribution in [3.05, 3.63) is 99.5 Å². The van der Waals surface area contributed by atoms with Gasteiger partial charge in [0, 0.05) is 22.6 Å². The van der Waals surface area contributed by atoms with E-state index in [-0.39, 0.29) is 12.8 Å². The van der Waals surface area contributed by atoms with Crippen LogP contribution < -0.4 is 14.2 Å². The van der Waals surface area contributed by atoms with Crippen LogP contribution >= 0.6 is 23.2 Å². The molecule has 4 aromatic carbocycles. The van der Waals surface area contributed by atoms with Crippen LogP contribution in [-0.2, 0) is 0 Å². The SMILES string of the molecule is Clc1cc(Cl)c2c(c1)C1CC(c3ccc4ccccc4c3)=NN1C(c1ccc3c(c1)OCO3)O2. The molecule has 2 unspecified atom stereocenters. The molecular formula is C27H18Cl2N2O3. The molecule has 0 spiro atoms. The van der Waals surface area contributed by atoms with Crippen molar-refractivity contribution >= 4 is 39.7 Å². The molecule has 3 aliphatic heterocycles. The molecule has 5 nitrogen and oxygen atoms in total. The average Bonchev–Trinajstić information content (AvgIpc) is 3.50. The van der Waals surface area contributed by atoms with E-state index in [1.54, 1.807) is 6.07 Å². The smallest absolute Gasteiger partial charge is 0.231 e. The van der Waals surface area contributed by atoms with Crippen LogP contribution in [0.2, 0.25) is 10.0 Å². The third kappa shape index (κ3) is 3.11. The lowest BCUT2D eigenvalue weighted by molar-refractivity contribution is -0.0190. The Labute approximate surface area is 206 Å². The highest BCUT2D eigenvalue weighted by Crippen LogP contribution is 2.51. The number of ether oxygens (including phenoxy) is 3. The topological polar surface area (TPSA) is 43.3 Å². The minimum Gasteiger partial charge on any atom is -0.463 e. The van der Waals surface area contributed by atoms with Gasteiger partial charge in [0.2, 0.25) is 13.0 Å². The normalized spacial score (nSPS) is 20.1. The quantitative estimate of drug-likeness (QED) is 0.301. The summed E-state index contributed by atoms with van der Waals surface area (Å²) in [4.78, 5) is 0. The number of nitrogens with zero attached hydrogens (tertiary/aromatic N) is 2. The Bertz CT molecular complexity index is 1500. The fraction of sp³-hybridized carbons (Fsp3) is 0.148. The van der Waals surface area contributed by atoms with Crippen molar-refractivity contribution in [2.24, 2.45) is 5.10 Å². The van der Waals surface area contributed by atoms with E-state index in [0.29, 0.717) is 28.0 Å². The summed E-state index contributed by atoms with van der Waals surface area (Å²) in [5.74, 6) is 2.07. The molecule has 7 rings (SSSR count). The molecule has 0 saturated carbocycles. The largest absolute Gasteiger partial charge is 0.463 e. The molecule has 7 heteroatoms. The molecule has 0 saturated heterocycles.